The van der Waals surface area contributed by atoms with Crippen LogP contribution in [0.15, 0.2) is 12.1 Å². The van der Waals surface area contributed by atoms with Gasteiger partial charge in [-0.05, 0) is 12.1 Å². The normalized spacial score (nSPS) is 10.2. The number of nitrogen functional groups attached to an aromatic ring is 1. The van der Waals surface area contributed by atoms with Gasteiger partial charge in [-0.25, -0.2) is 8.78 Å². The molecule has 0 aliphatic heterocycles. The number of hydrogen-bond donors (Lipinski definition) is 3. The highest BCUT2D eigenvalue weighted by molar-refractivity contribution is 5.94. The van der Waals surface area contributed by atoms with Crippen LogP contribution in [0.5, 0.6) is 0 Å². The van der Waals surface area contributed by atoms with E-state index in [2.05, 4.69) is 10.6 Å². The van der Waals surface area contributed by atoms with Gasteiger partial charge < -0.3 is 21.1 Å². The molecule has 8 heteroatoms. The Kier molecular flexibility index (Phi) is 6.54. The summed E-state index contributed by atoms with van der Waals surface area (Å²) < 4.78 is 31.2. The minimum absolute atomic E-state index is 0.0469. The number of benzene rings is 1. The van der Waals surface area contributed by atoms with Crippen LogP contribution in [0.4, 0.5) is 14.5 Å². The first-order valence-corrected chi connectivity index (χ1v) is 6.24. The van der Waals surface area contributed by atoms with Crippen molar-refractivity contribution in [1.29, 1.82) is 0 Å². The number of nitrogens with one attached hydrogen (secondary N) is 2. The van der Waals surface area contributed by atoms with E-state index in [1.807, 2.05) is 0 Å². The number of anilines is 1. The zero-order valence-corrected chi connectivity index (χ0v) is 11.5. The third-order valence-corrected chi connectivity index (χ3v) is 2.61. The fraction of sp³-hybridized carbons (Fsp3) is 0.385. The number of halogens is 2. The number of carbonyl (C=O) groups excluding carboxylic acids is 2. The second-order valence-corrected chi connectivity index (χ2v) is 4.20. The standard InChI is InChI=1S/C13H17F2N3O3/c1-21-5-4-17-11(19)2-3-18-13(20)8-6-9(14)12(16)10(15)7-8/h6-7H,2-5,16H2,1H3,(H,17,19)(H,18,20). The smallest absolute Gasteiger partial charge is 0.251 e. The van der Waals surface area contributed by atoms with Crippen LogP contribution < -0.4 is 16.4 Å². The van der Waals surface area contributed by atoms with E-state index >= 15 is 0 Å². The van der Waals surface area contributed by atoms with Crippen molar-refractivity contribution >= 4 is 17.5 Å². The Bertz CT molecular complexity index is 500. The van der Waals surface area contributed by atoms with Gasteiger partial charge in [0, 0.05) is 32.2 Å². The summed E-state index contributed by atoms with van der Waals surface area (Å²) >= 11 is 0. The van der Waals surface area contributed by atoms with Gasteiger partial charge in [0.2, 0.25) is 5.91 Å². The molecular weight excluding hydrogens is 284 g/mol. The molecule has 6 nitrogen and oxygen atoms in total. The van der Waals surface area contributed by atoms with Crippen LogP contribution in [0, 0.1) is 11.6 Å². The lowest BCUT2D eigenvalue weighted by Gasteiger charge is -2.07. The first-order valence-electron chi connectivity index (χ1n) is 6.24. The van der Waals surface area contributed by atoms with Crippen molar-refractivity contribution in [2.24, 2.45) is 0 Å². The predicted molar refractivity (Wildman–Crippen MR) is 72.6 cm³/mol. The van der Waals surface area contributed by atoms with E-state index in [1.165, 1.54) is 7.11 Å². The quantitative estimate of drug-likeness (QED) is 0.503. The molecule has 1 aromatic rings. The number of nitrogens with two attached hydrogens (primary N) is 1. The summed E-state index contributed by atoms with van der Waals surface area (Å²) in [4.78, 5) is 23.0. The molecule has 0 atom stereocenters. The van der Waals surface area contributed by atoms with Gasteiger partial charge in [0.15, 0.2) is 0 Å². The molecule has 116 valence electrons. The Labute approximate surface area is 120 Å². The molecular formula is C13H17F2N3O3. The lowest BCUT2D eigenvalue weighted by atomic mass is 10.1. The zero-order valence-electron chi connectivity index (χ0n) is 11.5. The van der Waals surface area contributed by atoms with Crippen molar-refractivity contribution in [3.8, 4) is 0 Å². The van der Waals surface area contributed by atoms with Crippen molar-refractivity contribution in [3.05, 3.63) is 29.3 Å². The molecule has 0 aromatic heterocycles. The number of methoxy groups -OCH3 is 1. The average Bonchev–Trinajstić information content (AvgIpc) is 2.44. The molecule has 21 heavy (non-hydrogen) atoms. The number of carbonyl (C=O) groups is 2. The van der Waals surface area contributed by atoms with Gasteiger partial charge in [0.25, 0.3) is 5.91 Å². The summed E-state index contributed by atoms with van der Waals surface area (Å²) in [6, 6.07) is 1.68. The predicted octanol–water partition coefficient (Wildman–Crippen LogP) is 0.430. The monoisotopic (exact) mass is 301 g/mol. The molecule has 4 N–H and O–H groups in total. The molecule has 0 radical (unpaired) electrons. The van der Waals surface area contributed by atoms with Crippen LogP contribution >= 0.6 is 0 Å². The molecule has 2 amide bonds. The summed E-state index contributed by atoms with van der Waals surface area (Å²) in [5, 5.41) is 4.96. The number of hydrogen-bond acceptors (Lipinski definition) is 4. The SMILES string of the molecule is COCCNC(=O)CCNC(=O)c1cc(F)c(N)c(F)c1. The van der Waals surface area contributed by atoms with Crippen LogP contribution in [-0.4, -0.2) is 38.6 Å². The maximum Gasteiger partial charge on any atom is 0.251 e. The minimum Gasteiger partial charge on any atom is -0.394 e. The van der Waals surface area contributed by atoms with Gasteiger partial charge in [-0.2, -0.15) is 0 Å². The van der Waals surface area contributed by atoms with Gasteiger partial charge in [-0.15, -0.1) is 0 Å². The van der Waals surface area contributed by atoms with E-state index in [0.29, 0.717) is 13.2 Å². The molecule has 0 fully saturated rings. The summed E-state index contributed by atoms with van der Waals surface area (Å²) in [7, 11) is 1.51. The van der Waals surface area contributed by atoms with Crippen molar-refractivity contribution in [2.45, 2.75) is 6.42 Å². The minimum atomic E-state index is -1.00. The lowest BCUT2D eigenvalue weighted by molar-refractivity contribution is -0.121. The second kappa shape index (κ2) is 8.15. The van der Waals surface area contributed by atoms with E-state index in [0.717, 1.165) is 12.1 Å². The van der Waals surface area contributed by atoms with Gasteiger partial charge in [-0.1, -0.05) is 0 Å². The van der Waals surface area contributed by atoms with E-state index < -0.39 is 23.2 Å². The van der Waals surface area contributed by atoms with Crippen LogP contribution in [0.25, 0.3) is 0 Å². The van der Waals surface area contributed by atoms with Crippen molar-refractivity contribution in [1.82, 2.24) is 10.6 Å². The maximum atomic E-state index is 13.2. The third-order valence-electron chi connectivity index (χ3n) is 2.61. The van der Waals surface area contributed by atoms with E-state index in [1.54, 1.807) is 0 Å². The Morgan fingerprint density at radius 3 is 2.38 bits per heavy atom. The molecule has 1 rings (SSSR count). The number of rotatable bonds is 7. The molecule has 0 aliphatic carbocycles. The fourth-order valence-corrected chi connectivity index (χ4v) is 1.49. The molecule has 0 saturated carbocycles. The molecule has 1 aromatic carbocycles. The van der Waals surface area contributed by atoms with Crippen LogP contribution in [0.1, 0.15) is 16.8 Å². The van der Waals surface area contributed by atoms with E-state index in [-0.39, 0.29) is 24.4 Å². The highest BCUT2D eigenvalue weighted by Gasteiger charge is 2.13. The van der Waals surface area contributed by atoms with Crippen LogP contribution in [0.2, 0.25) is 0 Å². The Balaban J connectivity index is 2.42. The maximum absolute atomic E-state index is 13.2. The molecule has 0 bridgehead atoms. The van der Waals surface area contributed by atoms with Crippen molar-refractivity contribution < 1.29 is 23.1 Å². The Morgan fingerprint density at radius 2 is 1.81 bits per heavy atom. The van der Waals surface area contributed by atoms with Crippen molar-refractivity contribution in [3.63, 3.8) is 0 Å². The molecule has 0 saturated heterocycles. The molecule has 0 unspecified atom stereocenters. The van der Waals surface area contributed by atoms with Crippen LogP contribution in [-0.2, 0) is 9.53 Å². The first kappa shape index (κ1) is 16.8. The van der Waals surface area contributed by atoms with Crippen molar-refractivity contribution in [2.75, 3.05) is 32.5 Å². The van der Waals surface area contributed by atoms with Gasteiger partial charge in [0.1, 0.15) is 17.3 Å². The lowest BCUT2D eigenvalue weighted by Crippen LogP contribution is -2.32. The Hall–Kier alpha value is -2.22. The van der Waals surface area contributed by atoms with Crippen LogP contribution in [0.3, 0.4) is 0 Å². The number of ether oxygens (including phenoxy) is 1. The fourth-order valence-electron chi connectivity index (χ4n) is 1.49. The highest BCUT2D eigenvalue weighted by atomic mass is 19.1. The average molecular weight is 301 g/mol. The van der Waals surface area contributed by atoms with E-state index in [4.69, 9.17) is 10.5 Å². The summed E-state index contributed by atoms with van der Waals surface area (Å²) in [5.41, 5.74) is 4.27. The second-order valence-electron chi connectivity index (χ2n) is 4.20. The first-order chi connectivity index (χ1) is 9.95. The molecule has 0 aliphatic rings. The third kappa shape index (κ3) is 5.35. The topological polar surface area (TPSA) is 93.5 Å². The summed E-state index contributed by atoms with van der Waals surface area (Å²) in [6.45, 7) is 0.811. The zero-order chi connectivity index (χ0) is 15.8. The summed E-state index contributed by atoms with van der Waals surface area (Å²) in [5.74, 6) is -2.95. The highest BCUT2D eigenvalue weighted by Crippen LogP contribution is 2.17. The summed E-state index contributed by atoms with van der Waals surface area (Å²) in [6.07, 6.45) is 0.0510. The molecule has 0 spiro atoms. The van der Waals surface area contributed by atoms with Gasteiger partial charge >= 0.3 is 0 Å². The van der Waals surface area contributed by atoms with E-state index in [9.17, 15) is 18.4 Å². The number of amides is 2. The Morgan fingerprint density at radius 1 is 1.19 bits per heavy atom. The van der Waals surface area contributed by atoms with Gasteiger partial charge in [-0.3, -0.25) is 9.59 Å². The van der Waals surface area contributed by atoms with Gasteiger partial charge in [0.05, 0.1) is 6.61 Å². The largest absolute Gasteiger partial charge is 0.394 e. The molecule has 0 heterocycles.